The lowest BCUT2D eigenvalue weighted by Crippen LogP contribution is -2.23. The van der Waals surface area contributed by atoms with Crippen molar-refractivity contribution in [2.75, 3.05) is 6.61 Å². The van der Waals surface area contributed by atoms with Crippen molar-refractivity contribution in [3.05, 3.63) is 86.9 Å². The van der Waals surface area contributed by atoms with Crippen molar-refractivity contribution in [3.63, 3.8) is 0 Å². The Morgan fingerprint density at radius 1 is 1.09 bits per heavy atom. The van der Waals surface area contributed by atoms with Crippen LogP contribution in [0.5, 0.6) is 5.75 Å². The minimum atomic E-state index is -4.45. The predicted molar refractivity (Wildman–Crippen MR) is 126 cm³/mol. The van der Waals surface area contributed by atoms with Crippen LogP contribution in [0.1, 0.15) is 24.7 Å². The molecule has 0 saturated carbocycles. The number of hydrogen-bond donors (Lipinski definition) is 0. The van der Waals surface area contributed by atoms with Crippen LogP contribution in [0.15, 0.2) is 69.9 Å². The third kappa shape index (κ3) is 4.69. The highest BCUT2D eigenvalue weighted by Crippen LogP contribution is 2.32. The van der Waals surface area contributed by atoms with Crippen molar-refractivity contribution in [3.8, 4) is 28.5 Å². The number of rotatable bonds is 6. The Balaban J connectivity index is 1.42. The maximum absolute atomic E-state index is 13.0. The minimum absolute atomic E-state index is 0.267. The van der Waals surface area contributed by atoms with Gasteiger partial charge in [-0.2, -0.15) is 22.7 Å². The molecule has 0 N–H and O–H groups in total. The highest BCUT2D eigenvalue weighted by molar-refractivity contribution is 7.15. The van der Waals surface area contributed by atoms with E-state index >= 15 is 0 Å². The fourth-order valence-corrected chi connectivity index (χ4v) is 4.33. The average molecular weight is 497 g/mol. The number of furan rings is 1. The molecule has 5 rings (SSSR count). The van der Waals surface area contributed by atoms with Gasteiger partial charge in [0.1, 0.15) is 21.8 Å². The van der Waals surface area contributed by atoms with Crippen LogP contribution in [-0.4, -0.2) is 21.2 Å². The molecule has 0 fully saturated rings. The van der Waals surface area contributed by atoms with Gasteiger partial charge in [0.05, 0.1) is 12.2 Å². The predicted octanol–water partition coefficient (Wildman–Crippen LogP) is 5.43. The van der Waals surface area contributed by atoms with Crippen LogP contribution in [0.25, 0.3) is 33.7 Å². The summed E-state index contributed by atoms with van der Waals surface area (Å²) in [7, 11) is 0. The zero-order valence-electron chi connectivity index (χ0n) is 18.4. The van der Waals surface area contributed by atoms with Crippen LogP contribution >= 0.6 is 11.3 Å². The summed E-state index contributed by atoms with van der Waals surface area (Å²) >= 11 is 1.15. The van der Waals surface area contributed by atoms with E-state index in [1.165, 1.54) is 22.7 Å². The molecule has 3 aromatic heterocycles. The summed E-state index contributed by atoms with van der Waals surface area (Å²) in [6.45, 7) is 2.66. The monoisotopic (exact) mass is 497 g/mol. The summed E-state index contributed by atoms with van der Waals surface area (Å²) in [5.74, 6) is 1.78. The van der Waals surface area contributed by atoms with E-state index in [0.717, 1.165) is 41.2 Å². The molecule has 0 aliphatic heterocycles. The lowest BCUT2D eigenvalue weighted by Gasteiger charge is -2.07. The highest BCUT2D eigenvalue weighted by Gasteiger charge is 2.30. The molecule has 0 spiro atoms. The number of fused-ring (bicyclic) bond motifs is 1. The van der Waals surface area contributed by atoms with Crippen LogP contribution in [0.3, 0.4) is 0 Å². The molecule has 0 aliphatic carbocycles. The third-order valence-electron chi connectivity index (χ3n) is 5.14. The summed E-state index contributed by atoms with van der Waals surface area (Å²) in [6.07, 6.45) is -2.01. The zero-order valence-corrected chi connectivity index (χ0v) is 19.2. The van der Waals surface area contributed by atoms with Gasteiger partial charge in [-0.15, -0.1) is 5.10 Å². The maximum atomic E-state index is 13.0. The minimum Gasteiger partial charge on any atom is -0.494 e. The van der Waals surface area contributed by atoms with Gasteiger partial charge in [-0.1, -0.05) is 30.4 Å². The first kappa shape index (κ1) is 22.9. The SMILES string of the molecule is CCCOc1ccc(-c2nc3s/c(=C\c4ccc(-c5cccc(C(F)(F)F)c5)o4)c(=O)n3n2)cc1. The van der Waals surface area contributed by atoms with Crippen LogP contribution in [0.4, 0.5) is 13.2 Å². The number of thiazole rings is 1. The molecule has 5 aromatic rings. The number of benzene rings is 2. The van der Waals surface area contributed by atoms with Gasteiger partial charge in [-0.3, -0.25) is 4.79 Å². The van der Waals surface area contributed by atoms with Crippen LogP contribution in [-0.2, 0) is 6.18 Å². The molecule has 0 atom stereocenters. The van der Waals surface area contributed by atoms with Crippen molar-refractivity contribution in [2.24, 2.45) is 0 Å². The molecule has 0 unspecified atom stereocenters. The molecular formula is C25H18F3N3O3S. The van der Waals surface area contributed by atoms with E-state index in [0.29, 0.717) is 33.2 Å². The number of halogens is 3. The third-order valence-corrected chi connectivity index (χ3v) is 6.10. The van der Waals surface area contributed by atoms with Crippen LogP contribution in [0.2, 0.25) is 0 Å². The van der Waals surface area contributed by atoms with Gasteiger partial charge in [-0.05, 0) is 55.0 Å². The van der Waals surface area contributed by atoms with Crippen molar-refractivity contribution in [1.82, 2.24) is 14.6 Å². The number of hydrogen-bond acceptors (Lipinski definition) is 6. The average Bonchev–Trinajstić information content (AvgIpc) is 3.55. The smallest absolute Gasteiger partial charge is 0.416 e. The largest absolute Gasteiger partial charge is 0.494 e. The first-order valence-electron chi connectivity index (χ1n) is 10.7. The summed E-state index contributed by atoms with van der Waals surface area (Å²) < 4.78 is 51.8. The second-order valence-corrected chi connectivity index (χ2v) is 8.71. The molecule has 10 heteroatoms. The fourth-order valence-electron chi connectivity index (χ4n) is 3.44. The first-order valence-corrected chi connectivity index (χ1v) is 11.6. The maximum Gasteiger partial charge on any atom is 0.416 e. The van der Waals surface area contributed by atoms with Crippen molar-refractivity contribution in [1.29, 1.82) is 0 Å². The highest BCUT2D eigenvalue weighted by atomic mass is 32.1. The van der Waals surface area contributed by atoms with Crippen molar-refractivity contribution in [2.45, 2.75) is 19.5 Å². The molecule has 0 aliphatic rings. The Hall–Kier alpha value is -3.92. The topological polar surface area (TPSA) is 69.6 Å². The summed E-state index contributed by atoms with van der Waals surface area (Å²) in [6, 6.07) is 15.4. The zero-order chi connectivity index (χ0) is 24.6. The Labute approximate surface area is 200 Å². The number of nitrogens with zero attached hydrogens (tertiary/aromatic N) is 3. The molecule has 0 radical (unpaired) electrons. The van der Waals surface area contributed by atoms with Crippen molar-refractivity contribution < 1.29 is 22.3 Å². The van der Waals surface area contributed by atoms with Gasteiger partial charge in [0, 0.05) is 17.2 Å². The molecule has 35 heavy (non-hydrogen) atoms. The van der Waals surface area contributed by atoms with E-state index in [-0.39, 0.29) is 11.3 Å². The summed E-state index contributed by atoms with van der Waals surface area (Å²) in [4.78, 5) is 17.7. The molecule has 0 amide bonds. The van der Waals surface area contributed by atoms with E-state index in [1.807, 2.05) is 31.2 Å². The quantitative estimate of drug-likeness (QED) is 0.313. The Morgan fingerprint density at radius 2 is 1.89 bits per heavy atom. The lowest BCUT2D eigenvalue weighted by molar-refractivity contribution is -0.137. The van der Waals surface area contributed by atoms with E-state index in [9.17, 15) is 18.0 Å². The van der Waals surface area contributed by atoms with E-state index in [1.54, 1.807) is 12.1 Å². The van der Waals surface area contributed by atoms with Crippen molar-refractivity contribution >= 4 is 22.4 Å². The Kier molecular flexibility index (Phi) is 5.89. The molecule has 6 nitrogen and oxygen atoms in total. The molecule has 2 aromatic carbocycles. The van der Waals surface area contributed by atoms with Gasteiger partial charge in [-0.25, -0.2) is 0 Å². The standard InChI is InChI=1S/C25H18F3N3O3S/c1-2-12-33-18-8-6-15(7-9-18)22-29-24-31(30-22)23(32)21(35-24)14-19-10-11-20(34-19)16-4-3-5-17(13-16)25(26,27)28/h3-11,13-14H,2,12H2,1H3/b21-14-. The van der Waals surface area contributed by atoms with Crippen LogP contribution < -0.4 is 14.8 Å². The molecular weight excluding hydrogens is 479 g/mol. The Bertz CT molecular complexity index is 1600. The molecule has 3 heterocycles. The molecule has 0 bridgehead atoms. The summed E-state index contributed by atoms with van der Waals surface area (Å²) in [5, 5.41) is 4.33. The number of ether oxygens (including phenoxy) is 1. The number of aromatic nitrogens is 3. The number of alkyl halides is 3. The molecule has 0 saturated heterocycles. The van der Waals surface area contributed by atoms with E-state index in [4.69, 9.17) is 9.15 Å². The van der Waals surface area contributed by atoms with Gasteiger partial charge in [0.2, 0.25) is 4.96 Å². The van der Waals surface area contributed by atoms with Gasteiger partial charge < -0.3 is 9.15 Å². The van der Waals surface area contributed by atoms with Gasteiger partial charge >= 0.3 is 6.18 Å². The second-order valence-electron chi connectivity index (χ2n) is 7.70. The normalized spacial score (nSPS) is 12.5. The van der Waals surface area contributed by atoms with E-state index in [2.05, 4.69) is 10.1 Å². The summed E-state index contributed by atoms with van der Waals surface area (Å²) in [5.41, 5.74) is -0.0707. The second kappa shape index (κ2) is 9.03. The fraction of sp³-hybridized carbons (Fsp3) is 0.160. The van der Waals surface area contributed by atoms with E-state index < -0.39 is 11.7 Å². The van der Waals surface area contributed by atoms with Crippen LogP contribution in [0, 0.1) is 0 Å². The lowest BCUT2D eigenvalue weighted by atomic mass is 10.1. The first-order chi connectivity index (χ1) is 16.8. The molecule has 178 valence electrons. The van der Waals surface area contributed by atoms with Gasteiger partial charge in [0.25, 0.3) is 5.56 Å². The van der Waals surface area contributed by atoms with Gasteiger partial charge in [0.15, 0.2) is 5.82 Å². The Morgan fingerprint density at radius 3 is 2.60 bits per heavy atom.